The molecule has 0 saturated heterocycles. The van der Waals surface area contributed by atoms with Crippen LogP contribution in [-0.2, 0) is 13.1 Å². The Kier molecular flexibility index (Phi) is 2.91. The fourth-order valence-electron chi connectivity index (χ4n) is 2.40. The summed E-state index contributed by atoms with van der Waals surface area (Å²) in [6.07, 6.45) is 3.50. The molecule has 0 N–H and O–H groups in total. The van der Waals surface area contributed by atoms with Crippen LogP contribution in [0.2, 0.25) is 0 Å². The average molecular weight is 253 g/mol. The van der Waals surface area contributed by atoms with Crippen molar-refractivity contribution in [2.75, 3.05) is 0 Å². The maximum atomic E-state index is 12.4. The van der Waals surface area contributed by atoms with Gasteiger partial charge < -0.3 is 0 Å². The lowest BCUT2D eigenvalue weighted by molar-refractivity contribution is 0.684. The Balaban J connectivity index is 2.19. The van der Waals surface area contributed by atoms with E-state index < -0.39 is 0 Å². The second-order valence-corrected chi connectivity index (χ2v) is 4.46. The number of aryl methyl sites for hydroxylation is 1. The summed E-state index contributed by atoms with van der Waals surface area (Å²) < 4.78 is 3.62. The molecule has 0 aliphatic carbocycles. The normalized spacial score (nSPS) is 11.0. The molecule has 0 fully saturated rings. The molecule has 0 bridgehead atoms. The number of hydrogen-bond donors (Lipinski definition) is 0. The fraction of sp³-hybridized carbons (Fsp3) is 0.200. The minimum absolute atomic E-state index is 0.0421. The lowest BCUT2D eigenvalue weighted by atomic mass is 10.2. The molecule has 2 aromatic heterocycles. The van der Waals surface area contributed by atoms with Crippen LogP contribution in [0, 0.1) is 0 Å². The summed E-state index contributed by atoms with van der Waals surface area (Å²) in [6.45, 7) is 3.25. The molecule has 1 aromatic carbocycles. The zero-order chi connectivity index (χ0) is 13.2. The average Bonchev–Trinajstić information content (AvgIpc) is 2.73. The second-order valence-electron chi connectivity index (χ2n) is 4.46. The summed E-state index contributed by atoms with van der Waals surface area (Å²) in [4.78, 5) is 16.4. The summed E-state index contributed by atoms with van der Waals surface area (Å²) in [5.74, 6) is 0. The minimum atomic E-state index is 0.0421. The first-order chi connectivity index (χ1) is 9.31. The third kappa shape index (κ3) is 1.95. The summed E-state index contributed by atoms with van der Waals surface area (Å²) in [6, 6.07) is 11.8. The summed E-state index contributed by atoms with van der Waals surface area (Å²) in [5.41, 5.74) is 3.09. The Morgan fingerprint density at radius 1 is 1.00 bits per heavy atom. The first-order valence-corrected chi connectivity index (χ1v) is 6.38. The van der Waals surface area contributed by atoms with Crippen LogP contribution in [0.1, 0.15) is 12.5 Å². The largest absolute Gasteiger partial charge is 0.329 e. The van der Waals surface area contributed by atoms with E-state index in [1.807, 2.05) is 47.9 Å². The summed E-state index contributed by atoms with van der Waals surface area (Å²) >= 11 is 0. The summed E-state index contributed by atoms with van der Waals surface area (Å²) in [5, 5.41) is 0. The molecule has 3 aromatic rings. The van der Waals surface area contributed by atoms with Crippen LogP contribution in [0.15, 0.2) is 53.6 Å². The summed E-state index contributed by atoms with van der Waals surface area (Å²) in [7, 11) is 0. The molecule has 0 aliphatic rings. The van der Waals surface area contributed by atoms with E-state index in [1.165, 1.54) is 0 Å². The fourth-order valence-corrected chi connectivity index (χ4v) is 2.40. The zero-order valence-corrected chi connectivity index (χ0v) is 10.8. The van der Waals surface area contributed by atoms with Gasteiger partial charge in [-0.25, -0.2) is 4.79 Å². The lowest BCUT2D eigenvalue weighted by Gasteiger charge is -2.02. The molecule has 0 radical (unpaired) electrons. The van der Waals surface area contributed by atoms with E-state index in [1.54, 1.807) is 17.0 Å². The van der Waals surface area contributed by atoms with E-state index >= 15 is 0 Å². The standard InChI is InChI=1S/C15H15N3O/c1-2-17-13-5-3-4-6-14(13)18(15(17)19)11-12-7-9-16-10-8-12/h3-10H,2,11H2,1H3. The van der Waals surface area contributed by atoms with Crippen molar-refractivity contribution in [1.82, 2.24) is 14.1 Å². The maximum Gasteiger partial charge on any atom is 0.329 e. The Hall–Kier alpha value is -2.36. The first kappa shape index (κ1) is 11.7. The Labute approximate surface area is 110 Å². The number of para-hydroxylation sites is 2. The van der Waals surface area contributed by atoms with Crippen molar-refractivity contribution >= 4 is 11.0 Å². The highest BCUT2D eigenvalue weighted by Gasteiger charge is 2.11. The van der Waals surface area contributed by atoms with E-state index in [4.69, 9.17) is 0 Å². The van der Waals surface area contributed by atoms with Gasteiger partial charge in [-0.2, -0.15) is 0 Å². The van der Waals surface area contributed by atoms with Gasteiger partial charge in [-0.15, -0.1) is 0 Å². The lowest BCUT2D eigenvalue weighted by Crippen LogP contribution is -2.24. The number of fused-ring (bicyclic) bond motifs is 1. The Morgan fingerprint density at radius 3 is 2.26 bits per heavy atom. The van der Waals surface area contributed by atoms with Crippen LogP contribution >= 0.6 is 0 Å². The topological polar surface area (TPSA) is 39.8 Å². The molecule has 19 heavy (non-hydrogen) atoms. The quantitative estimate of drug-likeness (QED) is 0.718. The first-order valence-electron chi connectivity index (χ1n) is 6.38. The van der Waals surface area contributed by atoms with Crippen LogP contribution in [0.4, 0.5) is 0 Å². The van der Waals surface area contributed by atoms with Gasteiger partial charge in [-0.05, 0) is 36.8 Å². The molecule has 4 nitrogen and oxygen atoms in total. The van der Waals surface area contributed by atoms with Gasteiger partial charge >= 0.3 is 5.69 Å². The molecular formula is C15H15N3O. The molecule has 4 heteroatoms. The van der Waals surface area contributed by atoms with E-state index in [0.717, 1.165) is 16.6 Å². The number of pyridine rings is 1. The van der Waals surface area contributed by atoms with Crippen molar-refractivity contribution in [3.05, 3.63) is 64.8 Å². The monoisotopic (exact) mass is 253 g/mol. The number of imidazole rings is 1. The second kappa shape index (κ2) is 4.72. The van der Waals surface area contributed by atoms with Crippen LogP contribution in [0.5, 0.6) is 0 Å². The van der Waals surface area contributed by atoms with E-state index in [9.17, 15) is 4.79 Å². The van der Waals surface area contributed by atoms with Gasteiger partial charge in [0, 0.05) is 18.9 Å². The smallest absolute Gasteiger partial charge is 0.292 e. The number of nitrogens with zero attached hydrogens (tertiary/aromatic N) is 3. The van der Waals surface area contributed by atoms with Gasteiger partial charge in [0.25, 0.3) is 0 Å². The SMILES string of the molecule is CCn1c(=O)n(Cc2ccncc2)c2ccccc21. The minimum Gasteiger partial charge on any atom is -0.292 e. The van der Waals surface area contributed by atoms with E-state index in [2.05, 4.69) is 4.98 Å². The van der Waals surface area contributed by atoms with Crippen molar-refractivity contribution in [1.29, 1.82) is 0 Å². The van der Waals surface area contributed by atoms with Crippen molar-refractivity contribution in [2.24, 2.45) is 0 Å². The van der Waals surface area contributed by atoms with Gasteiger partial charge in [-0.1, -0.05) is 12.1 Å². The Morgan fingerprint density at radius 2 is 1.63 bits per heavy atom. The molecule has 96 valence electrons. The molecule has 0 aliphatic heterocycles. The number of aromatic nitrogens is 3. The molecule has 0 saturated carbocycles. The number of benzene rings is 1. The molecule has 0 unspecified atom stereocenters. The van der Waals surface area contributed by atoms with Gasteiger partial charge in [0.05, 0.1) is 17.6 Å². The van der Waals surface area contributed by atoms with Crippen LogP contribution in [-0.4, -0.2) is 14.1 Å². The van der Waals surface area contributed by atoms with Crippen LogP contribution in [0.25, 0.3) is 11.0 Å². The van der Waals surface area contributed by atoms with Crippen molar-refractivity contribution in [3.8, 4) is 0 Å². The van der Waals surface area contributed by atoms with Crippen molar-refractivity contribution < 1.29 is 0 Å². The predicted molar refractivity (Wildman–Crippen MR) is 75.2 cm³/mol. The van der Waals surface area contributed by atoms with Crippen molar-refractivity contribution in [3.63, 3.8) is 0 Å². The predicted octanol–water partition coefficient (Wildman–Crippen LogP) is 2.27. The van der Waals surface area contributed by atoms with E-state index in [0.29, 0.717) is 13.1 Å². The highest BCUT2D eigenvalue weighted by molar-refractivity contribution is 5.76. The molecule has 0 atom stereocenters. The molecular weight excluding hydrogens is 238 g/mol. The van der Waals surface area contributed by atoms with Crippen LogP contribution in [0.3, 0.4) is 0 Å². The van der Waals surface area contributed by atoms with Gasteiger partial charge in [0.2, 0.25) is 0 Å². The van der Waals surface area contributed by atoms with Gasteiger partial charge in [0.1, 0.15) is 0 Å². The van der Waals surface area contributed by atoms with E-state index in [-0.39, 0.29) is 5.69 Å². The number of hydrogen-bond acceptors (Lipinski definition) is 2. The number of rotatable bonds is 3. The molecule has 0 amide bonds. The molecule has 0 spiro atoms. The van der Waals surface area contributed by atoms with Crippen molar-refractivity contribution in [2.45, 2.75) is 20.0 Å². The molecule has 3 rings (SSSR count). The zero-order valence-electron chi connectivity index (χ0n) is 10.8. The highest BCUT2D eigenvalue weighted by Crippen LogP contribution is 2.14. The highest BCUT2D eigenvalue weighted by atomic mass is 16.1. The third-order valence-electron chi connectivity index (χ3n) is 3.33. The van der Waals surface area contributed by atoms with Gasteiger partial charge in [-0.3, -0.25) is 14.1 Å². The third-order valence-corrected chi connectivity index (χ3v) is 3.33. The maximum absolute atomic E-state index is 12.4. The Bertz CT molecular complexity index is 756. The molecule has 2 heterocycles. The van der Waals surface area contributed by atoms with Gasteiger partial charge in [0.15, 0.2) is 0 Å². The van der Waals surface area contributed by atoms with Crippen LogP contribution < -0.4 is 5.69 Å².